The number of oxazole rings is 1. The van der Waals surface area contributed by atoms with E-state index in [9.17, 15) is 4.79 Å². The standard InChI is InChI=1S/C18H23N3O2/c1-12(19)15-10-6-7-11-21(15)18(22)16-13(2)20-17(23-16)14-8-4-3-5-9-14/h3-5,8-9,12,15H,6-7,10-11,19H2,1-2H3. The maximum atomic E-state index is 12.9. The monoisotopic (exact) mass is 313 g/mol. The molecular weight excluding hydrogens is 290 g/mol. The number of amides is 1. The smallest absolute Gasteiger partial charge is 0.291 e. The highest BCUT2D eigenvalue weighted by molar-refractivity contribution is 5.93. The molecule has 2 unspecified atom stereocenters. The van der Waals surface area contributed by atoms with Gasteiger partial charge in [-0.15, -0.1) is 0 Å². The first-order chi connectivity index (χ1) is 11.1. The summed E-state index contributed by atoms with van der Waals surface area (Å²) in [6, 6.07) is 9.65. The molecule has 0 radical (unpaired) electrons. The van der Waals surface area contributed by atoms with Crippen LogP contribution in [-0.2, 0) is 0 Å². The molecule has 1 aliphatic rings. The van der Waals surface area contributed by atoms with Crippen LogP contribution in [0.1, 0.15) is 42.4 Å². The molecule has 1 aromatic carbocycles. The molecule has 23 heavy (non-hydrogen) atoms. The van der Waals surface area contributed by atoms with Gasteiger partial charge in [0.1, 0.15) is 0 Å². The van der Waals surface area contributed by atoms with E-state index >= 15 is 0 Å². The lowest BCUT2D eigenvalue weighted by Gasteiger charge is -2.37. The first kappa shape index (κ1) is 15.7. The van der Waals surface area contributed by atoms with E-state index in [1.807, 2.05) is 49.1 Å². The molecule has 1 amide bonds. The molecule has 2 aromatic rings. The number of nitrogens with zero attached hydrogens (tertiary/aromatic N) is 2. The van der Waals surface area contributed by atoms with Crippen LogP contribution < -0.4 is 5.73 Å². The van der Waals surface area contributed by atoms with Gasteiger partial charge in [0, 0.05) is 24.2 Å². The number of benzene rings is 1. The summed E-state index contributed by atoms with van der Waals surface area (Å²) in [5.41, 5.74) is 7.57. The van der Waals surface area contributed by atoms with E-state index in [1.54, 1.807) is 0 Å². The first-order valence-electron chi connectivity index (χ1n) is 8.17. The van der Waals surface area contributed by atoms with Crippen molar-refractivity contribution in [2.45, 2.75) is 45.2 Å². The van der Waals surface area contributed by atoms with Gasteiger partial charge in [-0.1, -0.05) is 18.2 Å². The summed E-state index contributed by atoms with van der Waals surface area (Å²) in [5.74, 6) is 0.719. The maximum absolute atomic E-state index is 12.9. The lowest BCUT2D eigenvalue weighted by atomic mass is 9.96. The van der Waals surface area contributed by atoms with Crippen LogP contribution in [0.25, 0.3) is 11.5 Å². The number of piperidine rings is 1. The molecule has 0 aliphatic carbocycles. The van der Waals surface area contributed by atoms with Crippen molar-refractivity contribution in [1.29, 1.82) is 0 Å². The normalized spacial score (nSPS) is 19.6. The Hall–Kier alpha value is -2.14. The third-order valence-electron chi connectivity index (χ3n) is 4.43. The van der Waals surface area contributed by atoms with Gasteiger partial charge in [0.25, 0.3) is 5.91 Å². The highest BCUT2D eigenvalue weighted by Gasteiger charge is 2.32. The molecule has 2 N–H and O–H groups in total. The second-order valence-electron chi connectivity index (χ2n) is 6.22. The Bertz CT molecular complexity index is 679. The van der Waals surface area contributed by atoms with Gasteiger partial charge in [0.2, 0.25) is 11.7 Å². The number of aryl methyl sites for hydroxylation is 1. The van der Waals surface area contributed by atoms with Gasteiger partial charge in [-0.3, -0.25) is 4.79 Å². The van der Waals surface area contributed by atoms with Crippen molar-refractivity contribution >= 4 is 5.91 Å². The van der Waals surface area contributed by atoms with Crippen LogP contribution in [0.15, 0.2) is 34.7 Å². The Labute approximate surface area is 136 Å². The van der Waals surface area contributed by atoms with Crippen molar-refractivity contribution < 1.29 is 9.21 Å². The van der Waals surface area contributed by atoms with Crippen LogP contribution in [0.3, 0.4) is 0 Å². The summed E-state index contributed by atoms with van der Waals surface area (Å²) in [6.07, 6.45) is 3.07. The minimum atomic E-state index is -0.0980. The summed E-state index contributed by atoms with van der Waals surface area (Å²) < 4.78 is 5.80. The van der Waals surface area contributed by atoms with Gasteiger partial charge in [-0.05, 0) is 45.2 Å². The number of carbonyl (C=O) groups excluding carboxylic acids is 1. The molecule has 5 heteroatoms. The van der Waals surface area contributed by atoms with Crippen LogP contribution in [0.4, 0.5) is 0 Å². The van der Waals surface area contributed by atoms with E-state index in [0.29, 0.717) is 17.3 Å². The van der Waals surface area contributed by atoms with Crippen LogP contribution in [0, 0.1) is 6.92 Å². The third kappa shape index (κ3) is 3.15. The summed E-state index contributed by atoms with van der Waals surface area (Å²) in [6.45, 7) is 4.50. The fourth-order valence-corrected chi connectivity index (χ4v) is 3.19. The van der Waals surface area contributed by atoms with Crippen molar-refractivity contribution in [3.63, 3.8) is 0 Å². The minimum absolute atomic E-state index is 0.0453. The fraction of sp³-hybridized carbons (Fsp3) is 0.444. The van der Waals surface area contributed by atoms with Gasteiger partial charge in [-0.2, -0.15) is 0 Å². The number of nitrogens with two attached hydrogens (primary N) is 1. The summed E-state index contributed by atoms with van der Waals surface area (Å²) in [4.78, 5) is 19.2. The topological polar surface area (TPSA) is 72.4 Å². The second-order valence-corrected chi connectivity index (χ2v) is 6.22. The number of hydrogen-bond acceptors (Lipinski definition) is 4. The molecule has 1 aromatic heterocycles. The van der Waals surface area contributed by atoms with E-state index in [1.165, 1.54) is 0 Å². The van der Waals surface area contributed by atoms with Crippen molar-refractivity contribution in [2.75, 3.05) is 6.54 Å². The third-order valence-corrected chi connectivity index (χ3v) is 4.43. The Kier molecular flexibility index (Phi) is 4.48. The van der Waals surface area contributed by atoms with Gasteiger partial charge < -0.3 is 15.1 Å². The summed E-state index contributed by atoms with van der Waals surface area (Å²) in [5, 5.41) is 0. The van der Waals surface area contributed by atoms with Crippen molar-refractivity contribution in [2.24, 2.45) is 5.73 Å². The molecule has 2 atom stereocenters. The molecule has 1 fully saturated rings. The predicted octanol–water partition coefficient (Wildman–Crippen LogP) is 2.99. The number of rotatable bonds is 3. The van der Waals surface area contributed by atoms with Crippen LogP contribution in [-0.4, -0.2) is 34.4 Å². The fourth-order valence-electron chi connectivity index (χ4n) is 3.19. The van der Waals surface area contributed by atoms with E-state index < -0.39 is 0 Å². The van der Waals surface area contributed by atoms with Gasteiger partial charge in [0.05, 0.1) is 5.69 Å². The zero-order chi connectivity index (χ0) is 16.4. The van der Waals surface area contributed by atoms with Gasteiger partial charge in [-0.25, -0.2) is 4.98 Å². The minimum Gasteiger partial charge on any atom is -0.431 e. The molecule has 3 rings (SSSR count). The van der Waals surface area contributed by atoms with E-state index in [2.05, 4.69) is 4.98 Å². The average Bonchev–Trinajstić information content (AvgIpc) is 2.97. The highest BCUT2D eigenvalue weighted by Crippen LogP contribution is 2.26. The van der Waals surface area contributed by atoms with Crippen molar-refractivity contribution in [3.05, 3.63) is 41.8 Å². The lowest BCUT2D eigenvalue weighted by Crippen LogP contribution is -2.51. The van der Waals surface area contributed by atoms with Crippen LogP contribution in [0.2, 0.25) is 0 Å². The summed E-state index contributed by atoms with van der Waals surface area (Å²) >= 11 is 0. The molecule has 0 bridgehead atoms. The van der Waals surface area contributed by atoms with Gasteiger partial charge >= 0.3 is 0 Å². The van der Waals surface area contributed by atoms with Crippen LogP contribution >= 0.6 is 0 Å². The predicted molar refractivity (Wildman–Crippen MR) is 89.0 cm³/mol. The van der Waals surface area contributed by atoms with Crippen molar-refractivity contribution in [3.8, 4) is 11.5 Å². The maximum Gasteiger partial charge on any atom is 0.291 e. The molecule has 1 saturated heterocycles. The number of aromatic nitrogens is 1. The number of carbonyl (C=O) groups is 1. The molecule has 5 nitrogen and oxygen atoms in total. The zero-order valence-corrected chi connectivity index (χ0v) is 13.7. The summed E-state index contributed by atoms with van der Waals surface area (Å²) in [7, 11) is 0. The molecular formula is C18H23N3O2. The van der Waals surface area contributed by atoms with Gasteiger partial charge in [0.15, 0.2) is 0 Å². The molecule has 0 saturated carbocycles. The molecule has 2 heterocycles. The Morgan fingerprint density at radius 2 is 2.09 bits per heavy atom. The van der Waals surface area contributed by atoms with Crippen molar-refractivity contribution in [1.82, 2.24) is 9.88 Å². The zero-order valence-electron chi connectivity index (χ0n) is 13.7. The number of likely N-dealkylation sites (tertiary alicyclic amines) is 1. The second kappa shape index (κ2) is 6.54. The molecule has 122 valence electrons. The Morgan fingerprint density at radius 1 is 1.35 bits per heavy atom. The van der Waals surface area contributed by atoms with E-state index in [0.717, 1.165) is 31.4 Å². The van der Waals surface area contributed by atoms with Crippen LogP contribution in [0.5, 0.6) is 0 Å². The number of hydrogen-bond donors (Lipinski definition) is 1. The Balaban J connectivity index is 1.89. The lowest BCUT2D eigenvalue weighted by molar-refractivity contribution is 0.0551. The first-order valence-corrected chi connectivity index (χ1v) is 8.17. The Morgan fingerprint density at radius 3 is 2.78 bits per heavy atom. The largest absolute Gasteiger partial charge is 0.431 e. The molecule has 0 spiro atoms. The highest BCUT2D eigenvalue weighted by atomic mass is 16.4. The van der Waals surface area contributed by atoms with E-state index in [4.69, 9.17) is 10.2 Å². The van der Waals surface area contributed by atoms with E-state index in [-0.39, 0.29) is 18.0 Å². The quantitative estimate of drug-likeness (QED) is 0.945. The molecule has 1 aliphatic heterocycles. The SMILES string of the molecule is Cc1nc(-c2ccccc2)oc1C(=O)N1CCCCC1C(C)N. The average molecular weight is 313 g/mol.